The van der Waals surface area contributed by atoms with E-state index in [-0.39, 0.29) is 5.92 Å². The first-order valence-corrected chi connectivity index (χ1v) is 4.34. The molecule has 1 aromatic rings. The van der Waals surface area contributed by atoms with Crippen molar-refractivity contribution in [3.05, 3.63) is 10.8 Å². The highest BCUT2D eigenvalue weighted by Crippen LogP contribution is 2.13. The van der Waals surface area contributed by atoms with Crippen LogP contribution in [0.5, 0.6) is 0 Å². The van der Waals surface area contributed by atoms with Crippen molar-refractivity contribution < 1.29 is 9.53 Å². The van der Waals surface area contributed by atoms with Gasteiger partial charge in [0.05, 0.1) is 7.11 Å². The molecule has 1 rings (SSSR count). The SMILES string of the molecule is COC(=O)c1nc(C(C)C)ns1. The van der Waals surface area contributed by atoms with Crippen molar-refractivity contribution in [1.82, 2.24) is 9.36 Å². The summed E-state index contributed by atoms with van der Waals surface area (Å²) in [5, 5.41) is 0.321. The average Bonchev–Trinajstić information content (AvgIpc) is 2.51. The van der Waals surface area contributed by atoms with Crippen LogP contribution in [-0.2, 0) is 4.74 Å². The number of aromatic nitrogens is 2. The quantitative estimate of drug-likeness (QED) is 0.656. The second kappa shape index (κ2) is 3.62. The molecule has 12 heavy (non-hydrogen) atoms. The van der Waals surface area contributed by atoms with E-state index < -0.39 is 5.97 Å². The lowest BCUT2D eigenvalue weighted by atomic mass is 10.2. The molecule has 0 saturated carbocycles. The molecule has 66 valence electrons. The molecule has 0 fully saturated rings. The fraction of sp³-hybridized carbons (Fsp3) is 0.571. The van der Waals surface area contributed by atoms with Crippen LogP contribution in [0.1, 0.15) is 35.4 Å². The molecule has 0 bridgehead atoms. The van der Waals surface area contributed by atoms with E-state index in [0.29, 0.717) is 10.8 Å². The molecule has 0 aromatic carbocycles. The van der Waals surface area contributed by atoms with E-state index in [1.54, 1.807) is 0 Å². The topological polar surface area (TPSA) is 52.1 Å². The zero-order valence-electron chi connectivity index (χ0n) is 7.20. The number of hydrogen-bond acceptors (Lipinski definition) is 5. The second-order valence-electron chi connectivity index (χ2n) is 2.60. The number of hydrogen-bond donors (Lipinski definition) is 0. The van der Waals surface area contributed by atoms with Gasteiger partial charge in [-0.1, -0.05) is 13.8 Å². The minimum atomic E-state index is -0.417. The van der Waals surface area contributed by atoms with Gasteiger partial charge >= 0.3 is 5.97 Å². The molecule has 1 aromatic heterocycles. The largest absolute Gasteiger partial charge is 0.464 e. The van der Waals surface area contributed by atoms with Crippen LogP contribution in [0.2, 0.25) is 0 Å². The molecule has 0 saturated heterocycles. The lowest BCUT2D eigenvalue weighted by Crippen LogP contribution is -2.00. The molecule has 0 atom stereocenters. The van der Waals surface area contributed by atoms with Crippen LogP contribution < -0.4 is 0 Å². The van der Waals surface area contributed by atoms with Crippen LogP contribution in [0.4, 0.5) is 0 Å². The van der Waals surface area contributed by atoms with Crippen molar-refractivity contribution in [2.75, 3.05) is 7.11 Å². The Morgan fingerprint density at radius 3 is 2.67 bits per heavy atom. The predicted octanol–water partition coefficient (Wildman–Crippen LogP) is 1.45. The van der Waals surface area contributed by atoms with Gasteiger partial charge in [-0.05, 0) is 11.5 Å². The van der Waals surface area contributed by atoms with E-state index in [0.717, 1.165) is 11.5 Å². The molecule has 0 amide bonds. The molecular weight excluding hydrogens is 176 g/mol. The predicted molar refractivity (Wildman–Crippen MR) is 45.3 cm³/mol. The van der Waals surface area contributed by atoms with E-state index in [1.807, 2.05) is 13.8 Å². The fourth-order valence-electron chi connectivity index (χ4n) is 0.640. The van der Waals surface area contributed by atoms with E-state index in [4.69, 9.17) is 0 Å². The molecule has 1 heterocycles. The number of methoxy groups -OCH3 is 1. The monoisotopic (exact) mass is 186 g/mol. The van der Waals surface area contributed by atoms with Gasteiger partial charge in [-0.2, -0.15) is 4.37 Å². The third-order valence-corrected chi connectivity index (χ3v) is 2.03. The lowest BCUT2D eigenvalue weighted by Gasteiger charge is -1.94. The Kier molecular flexibility index (Phi) is 2.75. The summed E-state index contributed by atoms with van der Waals surface area (Å²) in [5.41, 5.74) is 0. The first-order chi connectivity index (χ1) is 5.65. The number of carbonyl (C=O) groups excluding carboxylic acids is 1. The number of rotatable bonds is 2. The minimum absolute atomic E-state index is 0.250. The van der Waals surface area contributed by atoms with Crippen LogP contribution in [0, 0.1) is 0 Å². The zero-order chi connectivity index (χ0) is 9.14. The smallest absolute Gasteiger partial charge is 0.368 e. The van der Waals surface area contributed by atoms with Gasteiger partial charge in [-0.25, -0.2) is 9.78 Å². The minimum Gasteiger partial charge on any atom is -0.464 e. The number of esters is 1. The van der Waals surface area contributed by atoms with E-state index in [9.17, 15) is 4.79 Å². The Bertz CT molecular complexity index is 283. The molecule has 0 N–H and O–H groups in total. The van der Waals surface area contributed by atoms with E-state index in [1.165, 1.54) is 7.11 Å². The Morgan fingerprint density at radius 2 is 2.25 bits per heavy atom. The summed E-state index contributed by atoms with van der Waals surface area (Å²) in [7, 11) is 1.33. The highest BCUT2D eigenvalue weighted by molar-refractivity contribution is 7.07. The Morgan fingerprint density at radius 1 is 1.58 bits per heavy atom. The van der Waals surface area contributed by atoms with Crippen LogP contribution >= 0.6 is 11.5 Å². The zero-order valence-corrected chi connectivity index (χ0v) is 8.01. The maximum Gasteiger partial charge on any atom is 0.368 e. The van der Waals surface area contributed by atoms with Gasteiger partial charge in [0.1, 0.15) is 5.82 Å². The van der Waals surface area contributed by atoms with Gasteiger partial charge in [-0.15, -0.1) is 0 Å². The first kappa shape index (κ1) is 9.12. The van der Waals surface area contributed by atoms with Gasteiger partial charge in [0.2, 0.25) is 5.01 Å². The van der Waals surface area contributed by atoms with Crippen molar-refractivity contribution >= 4 is 17.5 Å². The highest BCUT2D eigenvalue weighted by Gasteiger charge is 2.13. The molecule has 0 aliphatic rings. The normalized spacial score (nSPS) is 10.3. The number of carbonyl (C=O) groups is 1. The fourth-order valence-corrected chi connectivity index (χ4v) is 1.36. The van der Waals surface area contributed by atoms with Gasteiger partial charge < -0.3 is 4.74 Å². The van der Waals surface area contributed by atoms with Gasteiger partial charge in [0, 0.05) is 5.92 Å². The summed E-state index contributed by atoms with van der Waals surface area (Å²) in [6, 6.07) is 0. The first-order valence-electron chi connectivity index (χ1n) is 3.57. The molecule has 0 aliphatic heterocycles. The second-order valence-corrected chi connectivity index (χ2v) is 3.36. The molecule has 0 unspecified atom stereocenters. The number of ether oxygens (including phenoxy) is 1. The third kappa shape index (κ3) is 1.79. The Hall–Kier alpha value is -0.970. The van der Waals surface area contributed by atoms with Crippen molar-refractivity contribution in [2.24, 2.45) is 0 Å². The lowest BCUT2D eigenvalue weighted by molar-refractivity contribution is 0.0600. The average molecular weight is 186 g/mol. The van der Waals surface area contributed by atoms with Crippen LogP contribution in [-0.4, -0.2) is 22.4 Å². The van der Waals surface area contributed by atoms with Crippen LogP contribution in [0.25, 0.3) is 0 Å². The molecule has 0 spiro atoms. The summed E-state index contributed by atoms with van der Waals surface area (Å²) in [4.78, 5) is 14.9. The maximum atomic E-state index is 10.9. The maximum absolute atomic E-state index is 10.9. The third-order valence-electron chi connectivity index (χ3n) is 1.32. The summed E-state index contributed by atoms with van der Waals surface area (Å²) in [6.07, 6.45) is 0. The number of nitrogens with zero attached hydrogens (tertiary/aromatic N) is 2. The molecule has 5 heteroatoms. The van der Waals surface area contributed by atoms with E-state index in [2.05, 4.69) is 14.1 Å². The van der Waals surface area contributed by atoms with Crippen molar-refractivity contribution in [1.29, 1.82) is 0 Å². The Balaban J connectivity index is 2.84. The molecule has 0 radical (unpaired) electrons. The molecule has 4 nitrogen and oxygen atoms in total. The summed E-state index contributed by atoms with van der Waals surface area (Å²) in [5.74, 6) is 0.527. The van der Waals surface area contributed by atoms with Gasteiger partial charge in [-0.3, -0.25) is 0 Å². The van der Waals surface area contributed by atoms with Gasteiger partial charge in [0.25, 0.3) is 0 Å². The van der Waals surface area contributed by atoms with E-state index >= 15 is 0 Å². The van der Waals surface area contributed by atoms with Crippen molar-refractivity contribution in [3.8, 4) is 0 Å². The van der Waals surface area contributed by atoms with Crippen LogP contribution in [0.15, 0.2) is 0 Å². The summed E-state index contributed by atoms with van der Waals surface area (Å²) >= 11 is 1.07. The summed E-state index contributed by atoms with van der Waals surface area (Å²) in [6.45, 7) is 3.95. The molecular formula is C7H10N2O2S. The molecule has 0 aliphatic carbocycles. The van der Waals surface area contributed by atoms with Crippen molar-refractivity contribution in [3.63, 3.8) is 0 Å². The van der Waals surface area contributed by atoms with Gasteiger partial charge in [0.15, 0.2) is 0 Å². The van der Waals surface area contributed by atoms with Crippen LogP contribution in [0.3, 0.4) is 0 Å². The summed E-state index contributed by atoms with van der Waals surface area (Å²) < 4.78 is 8.51. The van der Waals surface area contributed by atoms with Crippen molar-refractivity contribution in [2.45, 2.75) is 19.8 Å². The standard InChI is InChI=1S/C7H10N2O2S/c1-4(2)5-8-6(12-9-5)7(10)11-3/h4H,1-3H3. The Labute approximate surface area is 74.8 Å². The highest BCUT2D eigenvalue weighted by atomic mass is 32.1.